The predicted molar refractivity (Wildman–Crippen MR) is 81.1 cm³/mol. The lowest BCUT2D eigenvalue weighted by Gasteiger charge is -2.48. The van der Waals surface area contributed by atoms with Gasteiger partial charge in [0.05, 0.1) is 0 Å². The highest BCUT2D eigenvalue weighted by Crippen LogP contribution is 2.40. The van der Waals surface area contributed by atoms with Crippen LogP contribution in [-0.4, -0.2) is 34.9 Å². The molecule has 1 fully saturated rings. The fourth-order valence-electron chi connectivity index (χ4n) is 3.80. The van der Waals surface area contributed by atoms with Crippen molar-refractivity contribution in [3.63, 3.8) is 0 Å². The molecule has 0 radical (unpaired) electrons. The van der Waals surface area contributed by atoms with Crippen molar-refractivity contribution >= 4 is 5.78 Å². The SMILES string of the molecule is CN(C)C1(Cn2ccc3c2CC(C)(C)CC3=O)CCC1. The second-order valence-electron chi connectivity index (χ2n) is 7.72. The van der Waals surface area contributed by atoms with E-state index in [4.69, 9.17) is 0 Å². The van der Waals surface area contributed by atoms with Gasteiger partial charge in [-0.3, -0.25) is 4.79 Å². The Balaban J connectivity index is 1.91. The Morgan fingerprint density at radius 1 is 1.25 bits per heavy atom. The van der Waals surface area contributed by atoms with E-state index < -0.39 is 0 Å². The van der Waals surface area contributed by atoms with Crippen molar-refractivity contribution in [1.29, 1.82) is 0 Å². The number of rotatable bonds is 3. The molecule has 2 aliphatic rings. The number of hydrogen-bond donors (Lipinski definition) is 0. The first kappa shape index (κ1) is 13.9. The number of ketones is 1. The highest BCUT2D eigenvalue weighted by atomic mass is 16.1. The standard InChI is InChI=1S/C17H26N2O/c1-16(2)10-14-13(15(20)11-16)6-9-19(14)12-17(18(3)4)7-5-8-17/h6,9H,5,7-8,10-12H2,1-4H3. The number of hydrogen-bond acceptors (Lipinski definition) is 2. The van der Waals surface area contributed by atoms with Gasteiger partial charge in [-0.1, -0.05) is 13.8 Å². The highest BCUT2D eigenvalue weighted by Gasteiger charge is 2.41. The Morgan fingerprint density at radius 2 is 1.95 bits per heavy atom. The van der Waals surface area contributed by atoms with Crippen molar-refractivity contribution in [3.8, 4) is 0 Å². The van der Waals surface area contributed by atoms with Crippen LogP contribution < -0.4 is 0 Å². The van der Waals surface area contributed by atoms with Crippen LogP contribution in [0, 0.1) is 5.41 Å². The zero-order valence-corrected chi connectivity index (χ0v) is 13.2. The molecule has 0 aliphatic heterocycles. The number of Topliss-reactive ketones (excluding diaryl/α,β-unsaturated/α-hetero) is 1. The van der Waals surface area contributed by atoms with Gasteiger partial charge in [0.2, 0.25) is 0 Å². The Bertz CT molecular complexity index is 535. The summed E-state index contributed by atoms with van der Waals surface area (Å²) in [5, 5.41) is 0. The van der Waals surface area contributed by atoms with Crippen molar-refractivity contribution in [1.82, 2.24) is 9.47 Å². The molecule has 0 bridgehead atoms. The maximum absolute atomic E-state index is 12.3. The van der Waals surface area contributed by atoms with E-state index in [0.29, 0.717) is 17.7 Å². The summed E-state index contributed by atoms with van der Waals surface area (Å²) in [5.41, 5.74) is 2.64. The first-order valence-electron chi connectivity index (χ1n) is 7.72. The third kappa shape index (κ3) is 2.12. The van der Waals surface area contributed by atoms with Crippen molar-refractivity contribution in [3.05, 3.63) is 23.5 Å². The first-order chi connectivity index (χ1) is 9.33. The summed E-state index contributed by atoms with van der Waals surface area (Å²) in [5.74, 6) is 0.322. The normalized spacial score (nSPS) is 23.6. The van der Waals surface area contributed by atoms with Gasteiger partial charge < -0.3 is 9.47 Å². The van der Waals surface area contributed by atoms with E-state index in [9.17, 15) is 4.79 Å². The number of fused-ring (bicyclic) bond motifs is 1. The van der Waals surface area contributed by atoms with Gasteiger partial charge in [0, 0.05) is 36.0 Å². The second-order valence-corrected chi connectivity index (χ2v) is 7.72. The van der Waals surface area contributed by atoms with Crippen molar-refractivity contribution in [2.24, 2.45) is 5.41 Å². The highest BCUT2D eigenvalue weighted by molar-refractivity contribution is 5.98. The minimum absolute atomic E-state index is 0.102. The van der Waals surface area contributed by atoms with Crippen LogP contribution in [0.15, 0.2) is 12.3 Å². The summed E-state index contributed by atoms with van der Waals surface area (Å²) in [6, 6.07) is 2.04. The minimum atomic E-state index is 0.102. The zero-order valence-electron chi connectivity index (χ0n) is 13.2. The molecule has 3 nitrogen and oxygen atoms in total. The first-order valence-corrected chi connectivity index (χ1v) is 7.72. The van der Waals surface area contributed by atoms with Gasteiger partial charge in [-0.05, 0) is 51.3 Å². The predicted octanol–water partition coefficient (Wildman–Crippen LogP) is 3.13. The number of likely N-dealkylation sites (N-methyl/N-ethyl adjacent to an activating group) is 1. The molecule has 1 aromatic rings. The molecule has 0 aromatic carbocycles. The molecule has 0 amide bonds. The fourth-order valence-corrected chi connectivity index (χ4v) is 3.80. The van der Waals surface area contributed by atoms with E-state index >= 15 is 0 Å². The zero-order chi connectivity index (χ0) is 14.5. The van der Waals surface area contributed by atoms with Gasteiger partial charge in [-0.25, -0.2) is 0 Å². The topological polar surface area (TPSA) is 25.2 Å². The summed E-state index contributed by atoms with van der Waals surface area (Å²) in [7, 11) is 4.37. The average molecular weight is 274 g/mol. The molecule has 3 heteroatoms. The summed E-state index contributed by atoms with van der Waals surface area (Å²) in [6.45, 7) is 5.44. The Kier molecular flexibility index (Phi) is 3.09. The third-order valence-corrected chi connectivity index (χ3v) is 5.36. The summed E-state index contributed by atoms with van der Waals surface area (Å²) >= 11 is 0. The van der Waals surface area contributed by atoms with E-state index in [1.807, 2.05) is 6.07 Å². The van der Waals surface area contributed by atoms with E-state index in [1.54, 1.807) is 0 Å². The molecule has 1 aromatic heterocycles. The smallest absolute Gasteiger partial charge is 0.165 e. The van der Waals surface area contributed by atoms with Crippen LogP contribution >= 0.6 is 0 Å². The van der Waals surface area contributed by atoms with Crippen LogP contribution in [0.5, 0.6) is 0 Å². The van der Waals surface area contributed by atoms with E-state index in [1.165, 1.54) is 25.0 Å². The molecular formula is C17H26N2O. The molecule has 0 N–H and O–H groups in total. The maximum Gasteiger partial charge on any atom is 0.165 e. The van der Waals surface area contributed by atoms with E-state index in [2.05, 4.69) is 43.6 Å². The lowest BCUT2D eigenvalue weighted by atomic mass is 9.74. The van der Waals surface area contributed by atoms with Crippen LogP contribution in [0.4, 0.5) is 0 Å². The fraction of sp³-hybridized carbons (Fsp3) is 0.706. The molecule has 1 heterocycles. The third-order valence-electron chi connectivity index (χ3n) is 5.36. The summed E-state index contributed by atoms with van der Waals surface area (Å²) in [6.07, 6.45) is 7.70. The van der Waals surface area contributed by atoms with E-state index in [0.717, 1.165) is 18.5 Å². The Morgan fingerprint density at radius 3 is 2.50 bits per heavy atom. The largest absolute Gasteiger partial charge is 0.349 e. The van der Waals surface area contributed by atoms with Crippen LogP contribution in [0.2, 0.25) is 0 Å². The number of aromatic nitrogens is 1. The van der Waals surface area contributed by atoms with Gasteiger partial charge in [0.15, 0.2) is 5.78 Å². The van der Waals surface area contributed by atoms with Crippen molar-refractivity contribution < 1.29 is 4.79 Å². The molecule has 110 valence electrons. The molecule has 2 aliphatic carbocycles. The van der Waals surface area contributed by atoms with Gasteiger partial charge in [0.25, 0.3) is 0 Å². The summed E-state index contributed by atoms with van der Waals surface area (Å²) in [4.78, 5) is 14.6. The van der Waals surface area contributed by atoms with Crippen molar-refractivity contribution in [2.45, 2.75) is 58.0 Å². The Hall–Kier alpha value is -1.09. The lowest BCUT2D eigenvalue weighted by Crippen LogP contribution is -2.53. The molecule has 0 spiro atoms. The van der Waals surface area contributed by atoms with Gasteiger partial charge in [0.1, 0.15) is 0 Å². The maximum atomic E-state index is 12.3. The molecule has 20 heavy (non-hydrogen) atoms. The summed E-state index contributed by atoms with van der Waals surface area (Å²) < 4.78 is 2.35. The van der Waals surface area contributed by atoms with Gasteiger partial charge in [-0.2, -0.15) is 0 Å². The monoisotopic (exact) mass is 274 g/mol. The number of carbonyl (C=O) groups excluding carboxylic acids is 1. The van der Waals surface area contributed by atoms with Crippen molar-refractivity contribution in [2.75, 3.05) is 14.1 Å². The van der Waals surface area contributed by atoms with Gasteiger partial charge in [-0.15, -0.1) is 0 Å². The Labute approximate surface area is 122 Å². The van der Waals surface area contributed by atoms with Crippen LogP contribution in [0.25, 0.3) is 0 Å². The van der Waals surface area contributed by atoms with Gasteiger partial charge >= 0.3 is 0 Å². The van der Waals surface area contributed by atoms with E-state index in [-0.39, 0.29) is 5.41 Å². The minimum Gasteiger partial charge on any atom is -0.349 e. The average Bonchev–Trinajstić information content (AvgIpc) is 2.64. The van der Waals surface area contributed by atoms with Crippen LogP contribution in [0.3, 0.4) is 0 Å². The molecule has 0 unspecified atom stereocenters. The quantitative estimate of drug-likeness (QED) is 0.846. The molecule has 1 saturated carbocycles. The molecular weight excluding hydrogens is 248 g/mol. The van der Waals surface area contributed by atoms with Crippen LogP contribution in [-0.2, 0) is 13.0 Å². The van der Waals surface area contributed by atoms with Crippen LogP contribution in [0.1, 0.15) is 55.6 Å². The molecule has 3 rings (SSSR count). The number of nitrogens with zero attached hydrogens (tertiary/aromatic N) is 2. The second kappa shape index (κ2) is 4.45. The number of carbonyl (C=O) groups is 1. The molecule has 0 saturated heterocycles. The molecule has 0 atom stereocenters. The lowest BCUT2D eigenvalue weighted by molar-refractivity contribution is 0.0411.